The van der Waals surface area contributed by atoms with E-state index in [1.165, 1.54) is 0 Å². The zero-order chi connectivity index (χ0) is 21.4. The fraction of sp³-hybridized carbons (Fsp3) is 0.524. The van der Waals surface area contributed by atoms with Gasteiger partial charge in [-0.25, -0.2) is 0 Å². The highest BCUT2D eigenvalue weighted by molar-refractivity contribution is 5.76. The molecule has 2 rings (SSSR count). The van der Waals surface area contributed by atoms with Crippen LogP contribution in [0.2, 0.25) is 0 Å². The quantitative estimate of drug-likeness (QED) is 0.633. The van der Waals surface area contributed by atoms with E-state index in [9.17, 15) is 9.59 Å². The first-order chi connectivity index (χ1) is 13.8. The Kier molecular flexibility index (Phi) is 8.18. The molecule has 0 radical (unpaired) electrons. The molecule has 0 bridgehead atoms. The SMILES string of the molecule is CCC(C)Oc1ccc(-c2nnc(CCC(=O)NCC(C)C)c(=O)[nH]2)cc1OC. The van der Waals surface area contributed by atoms with Crippen LogP contribution >= 0.6 is 0 Å². The van der Waals surface area contributed by atoms with Crippen LogP contribution in [0.25, 0.3) is 11.4 Å². The second-order valence-electron chi connectivity index (χ2n) is 7.35. The number of carbonyl (C=O) groups is 1. The first-order valence-electron chi connectivity index (χ1n) is 9.91. The number of aromatic nitrogens is 3. The molecule has 1 heterocycles. The van der Waals surface area contributed by atoms with Crippen LogP contribution in [0, 0.1) is 5.92 Å². The Balaban J connectivity index is 2.11. The molecular formula is C21H30N4O4. The minimum Gasteiger partial charge on any atom is -0.493 e. The molecule has 8 nitrogen and oxygen atoms in total. The standard InChI is InChI=1S/C21H30N4O4/c1-6-14(4)29-17-9-7-15(11-18(17)28-5)20-23-21(27)16(24-25-20)8-10-19(26)22-12-13(2)3/h7,9,11,13-14H,6,8,10,12H2,1-5H3,(H,22,26)(H,23,25,27). The zero-order valence-corrected chi connectivity index (χ0v) is 17.7. The van der Waals surface area contributed by atoms with Crippen molar-refractivity contribution in [3.8, 4) is 22.9 Å². The van der Waals surface area contributed by atoms with E-state index in [0.717, 1.165) is 6.42 Å². The Labute approximate surface area is 171 Å². The van der Waals surface area contributed by atoms with Gasteiger partial charge in [0.1, 0.15) is 5.69 Å². The Morgan fingerprint density at radius 1 is 1.21 bits per heavy atom. The van der Waals surface area contributed by atoms with E-state index in [1.54, 1.807) is 25.3 Å². The van der Waals surface area contributed by atoms with E-state index in [1.807, 2.05) is 27.7 Å². The van der Waals surface area contributed by atoms with Crippen LogP contribution in [0.5, 0.6) is 11.5 Å². The Hall–Kier alpha value is -2.90. The van der Waals surface area contributed by atoms with Gasteiger partial charge in [-0.15, -0.1) is 10.2 Å². The predicted molar refractivity (Wildman–Crippen MR) is 111 cm³/mol. The number of carbonyl (C=O) groups excluding carboxylic acids is 1. The van der Waals surface area contributed by atoms with Crippen molar-refractivity contribution >= 4 is 5.91 Å². The molecule has 0 saturated carbocycles. The van der Waals surface area contributed by atoms with Gasteiger partial charge in [-0.2, -0.15) is 0 Å². The molecular weight excluding hydrogens is 372 g/mol. The number of ether oxygens (including phenoxy) is 2. The summed E-state index contributed by atoms with van der Waals surface area (Å²) in [5.41, 5.74) is 0.534. The summed E-state index contributed by atoms with van der Waals surface area (Å²) in [4.78, 5) is 26.9. The fourth-order valence-corrected chi connectivity index (χ4v) is 2.50. The van der Waals surface area contributed by atoms with Gasteiger partial charge in [-0.05, 0) is 37.5 Å². The maximum Gasteiger partial charge on any atom is 0.273 e. The highest BCUT2D eigenvalue weighted by Crippen LogP contribution is 2.32. The lowest BCUT2D eigenvalue weighted by molar-refractivity contribution is -0.121. The molecule has 1 amide bonds. The number of benzene rings is 1. The Bertz CT molecular complexity index is 879. The van der Waals surface area contributed by atoms with E-state index in [4.69, 9.17) is 9.47 Å². The minimum absolute atomic E-state index is 0.0615. The summed E-state index contributed by atoms with van der Waals surface area (Å²) in [6, 6.07) is 5.32. The fourth-order valence-electron chi connectivity index (χ4n) is 2.50. The topological polar surface area (TPSA) is 106 Å². The van der Waals surface area contributed by atoms with Gasteiger partial charge in [0.15, 0.2) is 17.3 Å². The maximum atomic E-state index is 12.4. The van der Waals surface area contributed by atoms with Crippen LogP contribution in [0.1, 0.15) is 46.2 Å². The van der Waals surface area contributed by atoms with Gasteiger partial charge >= 0.3 is 0 Å². The summed E-state index contributed by atoms with van der Waals surface area (Å²) >= 11 is 0. The lowest BCUT2D eigenvalue weighted by atomic mass is 10.1. The molecule has 1 unspecified atom stereocenters. The van der Waals surface area contributed by atoms with E-state index < -0.39 is 0 Å². The average Bonchev–Trinajstić information content (AvgIpc) is 2.71. The van der Waals surface area contributed by atoms with Gasteiger partial charge in [-0.1, -0.05) is 20.8 Å². The van der Waals surface area contributed by atoms with Crippen molar-refractivity contribution in [3.05, 3.63) is 34.2 Å². The summed E-state index contributed by atoms with van der Waals surface area (Å²) in [5, 5.41) is 10.9. The summed E-state index contributed by atoms with van der Waals surface area (Å²) in [6.45, 7) is 8.68. The van der Waals surface area contributed by atoms with Gasteiger partial charge in [0, 0.05) is 24.9 Å². The molecule has 0 saturated heterocycles. The number of hydrogen-bond donors (Lipinski definition) is 2. The molecule has 0 aliphatic heterocycles. The van der Waals surface area contributed by atoms with Gasteiger partial charge in [0.05, 0.1) is 13.2 Å². The number of aryl methyl sites for hydroxylation is 1. The molecule has 0 aliphatic carbocycles. The molecule has 1 aromatic heterocycles. The van der Waals surface area contributed by atoms with Crippen LogP contribution in [0.4, 0.5) is 0 Å². The third-order valence-electron chi connectivity index (χ3n) is 4.40. The third kappa shape index (κ3) is 6.58. The number of hydrogen-bond acceptors (Lipinski definition) is 6. The zero-order valence-electron chi connectivity index (χ0n) is 17.7. The largest absolute Gasteiger partial charge is 0.493 e. The number of H-pyrrole nitrogens is 1. The molecule has 0 aliphatic rings. The van der Waals surface area contributed by atoms with Crippen molar-refractivity contribution in [1.29, 1.82) is 0 Å². The van der Waals surface area contributed by atoms with Crippen LogP contribution in [0.15, 0.2) is 23.0 Å². The number of aromatic amines is 1. The molecule has 8 heteroatoms. The Morgan fingerprint density at radius 2 is 1.97 bits per heavy atom. The van der Waals surface area contributed by atoms with Crippen LogP contribution < -0.4 is 20.3 Å². The van der Waals surface area contributed by atoms with Crippen molar-refractivity contribution in [2.75, 3.05) is 13.7 Å². The third-order valence-corrected chi connectivity index (χ3v) is 4.40. The minimum atomic E-state index is -0.356. The highest BCUT2D eigenvalue weighted by atomic mass is 16.5. The van der Waals surface area contributed by atoms with Crippen LogP contribution in [-0.4, -0.2) is 40.8 Å². The summed E-state index contributed by atoms with van der Waals surface area (Å²) in [5.74, 6) is 1.78. The predicted octanol–water partition coefficient (Wildman–Crippen LogP) is 2.72. The second kappa shape index (κ2) is 10.6. The molecule has 1 aromatic carbocycles. The van der Waals surface area contributed by atoms with Gasteiger partial charge in [0.2, 0.25) is 5.91 Å². The molecule has 0 fully saturated rings. The number of nitrogens with one attached hydrogen (secondary N) is 2. The van der Waals surface area contributed by atoms with E-state index in [2.05, 4.69) is 20.5 Å². The average molecular weight is 402 g/mol. The number of methoxy groups -OCH3 is 1. The molecule has 0 spiro atoms. The molecule has 2 N–H and O–H groups in total. The first kappa shape index (κ1) is 22.4. The van der Waals surface area contributed by atoms with Crippen LogP contribution in [0.3, 0.4) is 0 Å². The molecule has 158 valence electrons. The van der Waals surface area contributed by atoms with Crippen molar-refractivity contribution in [1.82, 2.24) is 20.5 Å². The first-order valence-corrected chi connectivity index (χ1v) is 9.91. The molecule has 1 atom stereocenters. The normalized spacial score (nSPS) is 11.9. The van der Waals surface area contributed by atoms with Gasteiger partial charge in [0.25, 0.3) is 5.56 Å². The number of rotatable bonds is 10. The van der Waals surface area contributed by atoms with Gasteiger partial charge < -0.3 is 19.8 Å². The van der Waals surface area contributed by atoms with Crippen molar-refractivity contribution < 1.29 is 14.3 Å². The smallest absolute Gasteiger partial charge is 0.273 e. The summed E-state index contributed by atoms with van der Waals surface area (Å²) in [6.07, 6.45) is 1.36. The lowest BCUT2D eigenvalue weighted by Crippen LogP contribution is -2.28. The van der Waals surface area contributed by atoms with Crippen molar-refractivity contribution in [2.45, 2.75) is 53.1 Å². The summed E-state index contributed by atoms with van der Waals surface area (Å²) < 4.78 is 11.2. The maximum absolute atomic E-state index is 12.4. The molecule has 2 aromatic rings. The van der Waals surface area contributed by atoms with Gasteiger partial charge in [-0.3, -0.25) is 9.59 Å². The number of nitrogens with zero attached hydrogens (tertiary/aromatic N) is 2. The van der Waals surface area contributed by atoms with Crippen molar-refractivity contribution in [2.24, 2.45) is 5.92 Å². The van der Waals surface area contributed by atoms with E-state index in [0.29, 0.717) is 35.3 Å². The van der Waals surface area contributed by atoms with E-state index >= 15 is 0 Å². The monoisotopic (exact) mass is 402 g/mol. The van der Waals surface area contributed by atoms with Crippen molar-refractivity contribution in [3.63, 3.8) is 0 Å². The van der Waals surface area contributed by atoms with Crippen LogP contribution in [-0.2, 0) is 11.2 Å². The second-order valence-corrected chi connectivity index (χ2v) is 7.35. The lowest BCUT2D eigenvalue weighted by Gasteiger charge is -2.16. The van der Waals surface area contributed by atoms with E-state index in [-0.39, 0.29) is 36.1 Å². The molecule has 29 heavy (non-hydrogen) atoms. The number of amides is 1. The summed E-state index contributed by atoms with van der Waals surface area (Å²) in [7, 11) is 1.56. The Morgan fingerprint density at radius 3 is 2.59 bits per heavy atom. The highest BCUT2D eigenvalue weighted by Gasteiger charge is 2.13.